The highest BCUT2D eigenvalue weighted by atomic mass is 32.1. The van der Waals surface area contributed by atoms with E-state index in [2.05, 4.69) is 0 Å². The van der Waals surface area contributed by atoms with Crippen LogP contribution in [0.3, 0.4) is 0 Å². The zero-order chi connectivity index (χ0) is 8.97. The molecule has 1 aromatic heterocycles. The van der Waals surface area contributed by atoms with Gasteiger partial charge in [-0.1, -0.05) is 11.3 Å². The summed E-state index contributed by atoms with van der Waals surface area (Å²) in [6, 6.07) is 3.24. The predicted molar refractivity (Wildman–Crippen MR) is 45.6 cm³/mol. The van der Waals surface area contributed by atoms with Crippen molar-refractivity contribution >= 4 is 22.4 Å². The number of hydrogen-bond acceptors (Lipinski definition) is 4. The van der Waals surface area contributed by atoms with Gasteiger partial charge < -0.3 is 0 Å². The molecule has 0 atom stereocenters. The van der Waals surface area contributed by atoms with Crippen molar-refractivity contribution in [3.8, 4) is 6.07 Å². The minimum atomic E-state index is -0.450. The lowest BCUT2D eigenvalue weighted by Crippen LogP contribution is -1.80. The van der Waals surface area contributed by atoms with Crippen molar-refractivity contribution < 1.29 is 4.92 Å². The molecule has 0 spiro atoms. The highest BCUT2D eigenvalue weighted by molar-refractivity contribution is 7.13. The Morgan fingerprint density at radius 2 is 2.50 bits per heavy atom. The first-order chi connectivity index (χ1) is 5.74. The molecule has 4 nitrogen and oxygen atoms in total. The van der Waals surface area contributed by atoms with E-state index < -0.39 is 4.92 Å². The van der Waals surface area contributed by atoms with Gasteiger partial charge in [-0.05, 0) is 11.6 Å². The SMILES string of the molecule is N#CC=Cc1csc([N+](=O)[O-])c1. The van der Waals surface area contributed by atoms with Crippen molar-refractivity contribution in [3.05, 3.63) is 33.2 Å². The summed E-state index contributed by atoms with van der Waals surface area (Å²) < 4.78 is 0. The monoisotopic (exact) mass is 180 g/mol. The molecule has 0 saturated heterocycles. The minimum absolute atomic E-state index is 0.0904. The van der Waals surface area contributed by atoms with E-state index in [1.807, 2.05) is 6.07 Å². The van der Waals surface area contributed by atoms with Gasteiger partial charge in [-0.25, -0.2) is 0 Å². The maximum atomic E-state index is 10.2. The summed E-state index contributed by atoms with van der Waals surface area (Å²) in [5, 5.41) is 20.1. The van der Waals surface area contributed by atoms with Gasteiger partial charge in [0.25, 0.3) is 0 Å². The Labute approximate surface area is 72.5 Å². The largest absolute Gasteiger partial charge is 0.324 e. The zero-order valence-electron chi connectivity index (χ0n) is 5.93. The van der Waals surface area contributed by atoms with Gasteiger partial charge in [0.15, 0.2) is 0 Å². The Balaban J connectivity index is 2.86. The summed E-state index contributed by atoms with van der Waals surface area (Å²) in [7, 11) is 0. The van der Waals surface area contributed by atoms with Crippen LogP contribution in [0.2, 0.25) is 0 Å². The Hall–Kier alpha value is -1.67. The van der Waals surface area contributed by atoms with Crippen LogP contribution in [0.5, 0.6) is 0 Å². The van der Waals surface area contributed by atoms with Crippen LogP contribution >= 0.6 is 11.3 Å². The maximum absolute atomic E-state index is 10.2. The van der Waals surface area contributed by atoms with Crippen LogP contribution in [0.1, 0.15) is 5.56 Å². The highest BCUT2D eigenvalue weighted by Gasteiger charge is 2.06. The lowest BCUT2D eigenvalue weighted by Gasteiger charge is -1.78. The lowest BCUT2D eigenvalue weighted by molar-refractivity contribution is -0.380. The van der Waals surface area contributed by atoms with Crippen LogP contribution in [0.15, 0.2) is 17.5 Å². The average Bonchev–Trinajstić information content (AvgIpc) is 2.48. The first-order valence-corrected chi connectivity index (χ1v) is 3.91. The van der Waals surface area contributed by atoms with Gasteiger partial charge in [-0.3, -0.25) is 10.1 Å². The van der Waals surface area contributed by atoms with Crippen LogP contribution in [-0.2, 0) is 0 Å². The summed E-state index contributed by atoms with van der Waals surface area (Å²) in [6.45, 7) is 0. The summed E-state index contributed by atoms with van der Waals surface area (Å²) in [5.74, 6) is 0. The van der Waals surface area contributed by atoms with Crippen LogP contribution in [0.25, 0.3) is 6.08 Å². The molecule has 0 aromatic carbocycles. The van der Waals surface area contributed by atoms with Crippen LogP contribution < -0.4 is 0 Å². The molecule has 0 aliphatic heterocycles. The molecule has 0 radical (unpaired) electrons. The smallest absolute Gasteiger partial charge is 0.258 e. The number of nitrogens with zero attached hydrogens (tertiary/aromatic N) is 2. The number of nitro groups is 1. The predicted octanol–water partition coefficient (Wildman–Crippen LogP) is 2.19. The van der Waals surface area contributed by atoms with Crippen LogP contribution in [-0.4, -0.2) is 4.92 Å². The first kappa shape index (κ1) is 8.43. The molecule has 0 bridgehead atoms. The fourth-order valence-corrected chi connectivity index (χ4v) is 1.35. The Morgan fingerprint density at radius 1 is 1.75 bits per heavy atom. The molecule has 0 unspecified atom stereocenters. The zero-order valence-corrected chi connectivity index (χ0v) is 6.75. The van der Waals surface area contributed by atoms with E-state index in [1.54, 1.807) is 5.38 Å². The average molecular weight is 180 g/mol. The van der Waals surface area contributed by atoms with Gasteiger partial charge in [0.2, 0.25) is 0 Å². The molecule has 60 valence electrons. The third-order valence-electron chi connectivity index (χ3n) is 1.14. The van der Waals surface area contributed by atoms with Gasteiger partial charge in [0.05, 0.1) is 11.0 Å². The Morgan fingerprint density at radius 3 is 3.00 bits per heavy atom. The van der Waals surface area contributed by atoms with Crippen LogP contribution in [0, 0.1) is 21.4 Å². The number of rotatable bonds is 2. The molecule has 1 aromatic rings. The number of thiophene rings is 1. The van der Waals surface area contributed by atoms with Gasteiger partial charge in [-0.2, -0.15) is 5.26 Å². The van der Waals surface area contributed by atoms with E-state index in [4.69, 9.17) is 5.26 Å². The van der Waals surface area contributed by atoms with Gasteiger partial charge in [0, 0.05) is 17.5 Å². The number of hydrogen-bond donors (Lipinski definition) is 0. The van der Waals surface area contributed by atoms with Crippen molar-refractivity contribution in [1.29, 1.82) is 5.26 Å². The standard InChI is InChI=1S/C7H4N2O2S/c8-3-1-2-6-4-7(9(10)11)12-5-6/h1-2,4-5H. The maximum Gasteiger partial charge on any atom is 0.324 e. The van der Waals surface area contributed by atoms with Crippen molar-refractivity contribution in [1.82, 2.24) is 0 Å². The number of allylic oxidation sites excluding steroid dienone is 1. The summed E-state index contributed by atoms with van der Waals surface area (Å²) in [5.41, 5.74) is 0.688. The van der Waals surface area contributed by atoms with Gasteiger partial charge >= 0.3 is 5.00 Å². The van der Waals surface area contributed by atoms with E-state index in [9.17, 15) is 10.1 Å². The quantitative estimate of drug-likeness (QED) is 0.398. The molecule has 1 rings (SSSR count). The Kier molecular flexibility index (Phi) is 2.56. The van der Waals surface area contributed by atoms with Crippen molar-refractivity contribution in [2.75, 3.05) is 0 Å². The Bertz CT molecular complexity index is 362. The lowest BCUT2D eigenvalue weighted by atomic mass is 10.3. The molecule has 0 N–H and O–H groups in total. The first-order valence-electron chi connectivity index (χ1n) is 3.03. The molecular weight excluding hydrogens is 176 g/mol. The highest BCUT2D eigenvalue weighted by Crippen LogP contribution is 2.23. The van der Waals surface area contributed by atoms with Crippen molar-refractivity contribution in [3.63, 3.8) is 0 Å². The molecule has 0 saturated carbocycles. The van der Waals surface area contributed by atoms with E-state index in [0.717, 1.165) is 11.3 Å². The van der Waals surface area contributed by atoms with E-state index >= 15 is 0 Å². The molecule has 0 aliphatic carbocycles. The molecule has 0 aliphatic rings. The van der Waals surface area contributed by atoms with E-state index in [0.29, 0.717) is 5.56 Å². The second-order valence-corrected chi connectivity index (χ2v) is 2.83. The number of nitriles is 1. The van der Waals surface area contributed by atoms with Gasteiger partial charge in [-0.15, -0.1) is 0 Å². The second kappa shape index (κ2) is 3.64. The van der Waals surface area contributed by atoms with Crippen molar-refractivity contribution in [2.24, 2.45) is 0 Å². The minimum Gasteiger partial charge on any atom is -0.258 e. The summed E-state index contributed by atoms with van der Waals surface area (Å²) in [4.78, 5) is 9.76. The second-order valence-electron chi connectivity index (χ2n) is 1.94. The summed E-state index contributed by atoms with van der Waals surface area (Å²) in [6.07, 6.45) is 2.81. The third kappa shape index (κ3) is 1.90. The molecule has 0 fully saturated rings. The van der Waals surface area contributed by atoms with Crippen LogP contribution in [0.4, 0.5) is 5.00 Å². The normalized spacial score (nSPS) is 9.92. The fraction of sp³-hybridized carbons (Fsp3) is 0. The molecule has 0 amide bonds. The van der Waals surface area contributed by atoms with E-state index in [-0.39, 0.29) is 5.00 Å². The van der Waals surface area contributed by atoms with Gasteiger partial charge in [0.1, 0.15) is 0 Å². The van der Waals surface area contributed by atoms with Crippen molar-refractivity contribution in [2.45, 2.75) is 0 Å². The topological polar surface area (TPSA) is 66.9 Å². The molecule has 12 heavy (non-hydrogen) atoms. The fourth-order valence-electron chi connectivity index (χ4n) is 0.656. The molecule has 5 heteroatoms. The molecular formula is C7H4N2O2S. The third-order valence-corrected chi connectivity index (χ3v) is 2.03. The van der Waals surface area contributed by atoms with E-state index in [1.165, 1.54) is 18.2 Å². The summed E-state index contributed by atoms with van der Waals surface area (Å²) >= 11 is 1.05. The molecule has 1 heterocycles.